The Balaban J connectivity index is 1.38. The van der Waals surface area contributed by atoms with E-state index in [4.69, 9.17) is 4.42 Å². The Morgan fingerprint density at radius 2 is 2.00 bits per heavy atom. The Morgan fingerprint density at radius 1 is 1.27 bits per heavy atom. The van der Waals surface area contributed by atoms with Crippen LogP contribution in [0.5, 0.6) is 0 Å². The van der Waals surface area contributed by atoms with Gasteiger partial charge in [0.2, 0.25) is 10.0 Å². The van der Waals surface area contributed by atoms with Gasteiger partial charge in [-0.25, -0.2) is 13.2 Å². The smallest absolute Gasteiger partial charge is 0.408 e. The molecule has 0 aliphatic carbocycles. The number of benzene rings is 1. The van der Waals surface area contributed by atoms with Gasteiger partial charge in [-0.05, 0) is 30.9 Å². The summed E-state index contributed by atoms with van der Waals surface area (Å²) < 4.78 is 35.5. The number of nitrogens with one attached hydrogen (secondary N) is 1. The molecule has 3 heterocycles. The van der Waals surface area contributed by atoms with Gasteiger partial charge in [0.1, 0.15) is 0 Å². The number of nitrogens with zero attached hydrogens (tertiary/aromatic N) is 4. The van der Waals surface area contributed by atoms with Gasteiger partial charge in [-0.3, -0.25) is 14.0 Å². The molecule has 0 radical (unpaired) electrons. The maximum Gasteiger partial charge on any atom is 0.419 e. The molecular formula is C19H23N5O5S. The number of carbonyl (C=O) groups is 1. The standard InChI is InChI=1S/C19H23N5O5S/c1-22-12-14(11-21-22)18(25)20-10-13-5-7-24(8-6-13)30(27,28)15-3-4-16-17(9-15)29-19(26)23(16)2/h3-4,9,11-13H,5-8,10H2,1-2H3,(H,20,25). The number of fused-ring (bicyclic) bond motifs is 1. The van der Waals surface area contributed by atoms with Crippen LogP contribution in [0.15, 0.2) is 44.7 Å². The molecule has 0 atom stereocenters. The van der Waals surface area contributed by atoms with Crippen LogP contribution in [0.3, 0.4) is 0 Å². The number of hydrogen-bond donors (Lipinski definition) is 1. The van der Waals surface area contributed by atoms with Crippen LogP contribution >= 0.6 is 0 Å². The number of sulfonamides is 1. The van der Waals surface area contributed by atoms with E-state index < -0.39 is 15.8 Å². The van der Waals surface area contributed by atoms with Gasteiger partial charge >= 0.3 is 5.76 Å². The van der Waals surface area contributed by atoms with Crippen LogP contribution in [-0.4, -0.2) is 52.6 Å². The Labute approximate surface area is 173 Å². The average molecular weight is 433 g/mol. The number of aromatic nitrogens is 3. The van der Waals surface area contributed by atoms with Gasteiger partial charge in [-0.1, -0.05) is 0 Å². The molecule has 4 rings (SSSR count). The Morgan fingerprint density at radius 3 is 2.67 bits per heavy atom. The van der Waals surface area contributed by atoms with Crippen molar-refractivity contribution in [1.29, 1.82) is 0 Å². The molecule has 1 aliphatic heterocycles. The van der Waals surface area contributed by atoms with E-state index in [1.807, 2.05) is 0 Å². The van der Waals surface area contributed by atoms with Crippen molar-refractivity contribution in [1.82, 2.24) is 24.0 Å². The molecule has 11 heteroatoms. The molecule has 2 aromatic heterocycles. The molecule has 0 spiro atoms. The van der Waals surface area contributed by atoms with Gasteiger partial charge < -0.3 is 9.73 Å². The molecule has 1 N–H and O–H groups in total. The normalized spacial score (nSPS) is 16.2. The second kappa shape index (κ2) is 7.73. The number of hydrogen-bond acceptors (Lipinski definition) is 6. The van der Waals surface area contributed by atoms with Crippen molar-refractivity contribution < 1.29 is 17.6 Å². The lowest BCUT2D eigenvalue weighted by molar-refractivity contribution is 0.0941. The third kappa shape index (κ3) is 3.77. The molecule has 3 aromatic rings. The first-order chi connectivity index (χ1) is 14.3. The van der Waals surface area contributed by atoms with Crippen molar-refractivity contribution >= 4 is 27.0 Å². The summed E-state index contributed by atoms with van der Waals surface area (Å²) in [6.45, 7) is 1.22. The Hall–Kier alpha value is -2.92. The highest BCUT2D eigenvalue weighted by molar-refractivity contribution is 7.89. The number of carbonyl (C=O) groups excluding carboxylic acids is 1. The molecule has 1 amide bonds. The minimum Gasteiger partial charge on any atom is -0.408 e. The lowest BCUT2D eigenvalue weighted by atomic mass is 9.98. The fraction of sp³-hybridized carbons (Fsp3) is 0.421. The molecule has 10 nitrogen and oxygen atoms in total. The van der Waals surface area contributed by atoms with Gasteiger partial charge in [-0.15, -0.1) is 0 Å². The molecule has 30 heavy (non-hydrogen) atoms. The number of aryl methyl sites for hydroxylation is 2. The first kappa shape index (κ1) is 20.4. The lowest BCUT2D eigenvalue weighted by Gasteiger charge is -2.31. The van der Waals surface area contributed by atoms with Crippen molar-refractivity contribution in [3.63, 3.8) is 0 Å². The fourth-order valence-corrected chi connectivity index (χ4v) is 5.14. The van der Waals surface area contributed by atoms with Crippen molar-refractivity contribution in [2.75, 3.05) is 19.6 Å². The van der Waals surface area contributed by atoms with E-state index in [2.05, 4.69) is 10.4 Å². The minimum absolute atomic E-state index is 0.104. The topological polar surface area (TPSA) is 119 Å². The number of piperidine rings is 1. The fourth-order valence-electron chi connectivity index (χ4n) is 3.66. The van der Waals surface area contributed by atoms with Gasteiger partial charge in [0, 0.05) is 46.0 Å². The van der Waals surface area contributed by atoms with E-state index in [1.165, 1.54) is 27.2 Å². The van der Waals surface area contributed by atoms with Gasteiger partial charge in [-0.2, -0.15) is 9.40 Å². The monoisotopic (exact) mass is 433 g/mol. The number of amides is 1. The maximum atomic E-state index is 13.0. The molecule has 160 valence electrons. The Kier molecular flexibility index (Phi) is 5.24. The molecular weight excluding hydrogens is 410 g/mol. The van der Waals surface area contributed by atoms with E-state index >= 15 is 0 Å². The van der Waals surface area contributed by atoms with E-state index in [0.717, 1.165) is 0 Å². The second-order valence-electron chi connectivity index (χ2n) is 7.52. The van der Waals surface area contributed by atoms with Crippen molar-refractivity contribution in [3.05, 3.63) is 46.7 Å². The van der Waals surface area contributed by atoms with Crippen LogP contribution in [0.25, 0.3) is 11.1 Å². The predicted octanol–water partition coefficient (Wildman–Crippen LogP) is 0.696. The van der Waals surface area contributed by atoms with Crippen LogP contribution in [0.4, 0.5) is 0 Å². The number of oxazole rings is 1. The van der Waals surface area contributed by atoms with Crippen LogP contribution in [0.2, 0.25) is 0 Å². The van der Waals surface area contributed by atoms with Crippen LogP contribution in [0, 0.1) is 5.92 Å². The van der Waals surface area contributed by atoms with Crippen molar-refractivity contribution in [3.8, 4) is 0 Å². The van der Waals surface area contributed by atoms with Gasteiger partial charge in [0.25, 0.3) is 5.91 Å². The van der Waals surface area contributed by atoms with Gasteiger partial charge in [0.05, 0.1) is 22.2 Å². The highest BCUT2D eigenvalue weighted by atomic mass is 32.2. The quantitative estimate of drug-likeness (QED) is 0.632. The van der Waals surface area contributed by atoms with E-state index in [0.29, 0.717) is 43.6 Å². The maximum absolute atomic E-state index is 13.0. The minimum atomic E-state index is -3.69. The van der Waals surface area contributed by atoms with E-state index in [1.54, 1.807) is 31.0 Å². The highest BCUT2D eigenvalue weighted by Gasteiger charge is 2.30. The van der Waals surface area contributed by atoms with Gasteiger partial charge in [0.15, 0.2) is 5.58 Å². The molecule has 1 aliphatic rings. The second-order valence-corrected chi connectivity index (χ2v) is 9.45. The third-order valence-corrected chi connectivity index (χ3v) is 7.39. The number of rotatable bonds is 5. The summed E-state index contributed by atoms with van der Waals surface area (Å²) >= 11 is 0. The molecule has 1 aromatic carbocycles. The van der Waals surface area contributed by atoms with Crippen molar-refractivity contribution in [2.45, 2.75) is 17.7 Å². The van der Waals surface area contributed by atoms with Crippen LogP contribution in [0.1, 0.15) is 23.2 Å². The van der Waals surface area contributed by atoms with E-state index in [9.17, 15) is 18.0 Å². The van der Waals surface area contributed by atoms with Crippen LogP contribution < -0.4 is 11.1 Å². The SMILES string of the molecule is Cn1cc(C(=O)NCC2CCN(S(=O)(=O)c3ccc4c(c3)oc(=O)n4C)CC2)cn1. The summed E-state index contributed by atoms with van der Waals surface area (Å²) in [5, 5.41) is 6.87. The zero-order valence-electron chi connectivity index (χ0n) is 16.7. The summed E-state index contributed by atoms with van der Waals surface area (Å²) in [7, 11) is -0.372. The molecule has 0 bridgehead atoms. The summed E-state index contributed by atoms with van der Waals surface area (Å²) in [5.41, 5.74) is 1.29. The highest BCUT2D eigenvalue weighted by Crippen LogP contribution is 2.25. The molecule has 1 saturated heterocycles. The van der Waals surface area contributed by atoms with Crippen molar-refractivity contribution in [2.24, 2.45) is 20.0 Å². The molecule has 1 fully saturated rings. The average Bonchev–Trinajstić information content (AvgIpc) is 3.29. The zero-order valence-corrected chi connectivity index (χ0v) is 17.6. The van der Waals surface area contributed by atoms with Crippen LogP contribution in [-0.2, 0) is 24.1 Å². The first-order valence-corrected chi connectivity index (χ1v) is 11.1. The zero-order chi connectivity index (χ0) is 21.5. The molecule has 0 unspecified atom stereocenters. The largest absolute Gasteiger partial charge is 0.419 e. The summed E-state index contributed by atoms with van der Waals surface area (Å²) in [6.07, 6.45) is 4.46. The molecule has 0 saturated carbocycles. The first-order valence-electron chi connectivity index (χ1n) is 9.62. The predicted molar refractivity (Wildman–Crippen MR) is 108 cm³/mol. The summed E-state index contributed by atoms with van der Waals surface area (Å²) in [6, 6.07) is 4.47. The summed E-state index contributed by atoms with van der Waals surface area (Å²) in [4.78, 5) is 23.9. The lowest BCUT2D eigenvalue weighted by Crippen LogP contribution is -2.41. The Bertz CT molecular complexity index is 1250. The summed E-state index contributed by atoms with van der Waals surface area (Å²) in [5.74, 6) is -0.517. The van der Waals surface area contributed by atoms with E-state index in [-0.39, 0.29) is 22.3 Å². The third-order valence-electron chi connectivity index (χ3n) is 5.49.